The van der Waals surface area contributed by atoms with Gasteiger partial charge in [0, 0.05) is 5.88 Å². The van der Waals surface area contributed by atoms with Crippen LogP contribution in [0.4, 0.5) is 0 Å². The third kappa shape index (κ3) is 3.48. The number of halogens is 1. The van der Waals surface area contributed by atoms with Crippen LogP contribution in [0.5, 0.6) is 0 Å². The van der Waals surface area contributed by atoms with Crippen LogP contribution in [0.3, 0.4) is 0 Å². The van der Waals surface area contributed by atoms with Crippen LogP contribution >= 0.6 is 11.6 Å². The number of alkyl halides is 1. The van der Waals surface area contributed by atoms with Crippen LogP contribution in [0, 0.1) is 6.92 Å². The Bertz CT molecular complexity index is 366. The van der Waals surface area contributed by atoms with Crippen molar-refractivity contribution >= 4 is 11.6 Å². The van der Waals surface area contributed by atoms with Crippen molar-refractivity contribution in [3.05, 3.63) is 34.4 Å². The molecule has 0 nitrogen and oxygen atoms in total. The molecule has 0 saturated heterocycles. The van der Waals surface area contributed by atoms with Crippen molar-refractivity contribution in [2.24, 2.45) is 0 Å². The Kier molecular flexibility index (Phi) is 5.52. The Hall–Kier alpha value is -0.490. The van der Waals surface area contributed by atoms with Gasteiger partial charge in [0.1, 0.15) is 0 Å². The van der Waals surface area contributed by atoms with E-state index in [1.54, 1.807) is 0 Å². The lowest BCUT2D eigenvalue weighted by Gasteiger charge is -2.19. The molecule has 0 amide bonds. The van der Waals surface area contributed by atoms with Gasteiger partial charge in [-0.15, -0.1) is 11.6 Å². The molecule has 0 radical (unpaired) electrons. The Morgan fingerprint density at radius 1 is 1.18 bits per heavy atom. The summed E-state index contributed by atoms with van der Waals surface area (Å²) in [7, 11) is 0. The van der Waals surface area contributed by atoms with Crippen LogP contribution in [-0.2, 0) is 5.88 Å². The Morgan fingerprint density at radius 2 is 1.82 bits per heavy atom. The molecule has 0 saturated carbocycles. The van der Waals surface area contributed by atoms with E-state index in [4.69, 9.17) is 11.6 Å². The van der Waals surface area contributed by atoms with Crippen molar-refractivity contribution in [2.45, 2.75) is 65.2 Å². The highest BCUT2D eigenvalue weighted by atomic mass is 35.5. The van der Waals surface area contributed by atoms with Gasteiger partial charge in [-0.2, -0.15) is 0 Å². The SMILES string of the molecule is CCCC(C)c1cc(C(C)C)cc(CCl)c1C. The Balaban J connectivity index is 3.22. The fourth-order valence-corrected chi connectivity index (χ4v) is 2.67. The summed E-state index contributed by atoms with van der Waals surface area (Å²) >= 11 is 6.06. The molecule has 0 fully saturated rings. The minimum atomic E-state index is 0.574. The highest BCUT2D eigenvalue weighted by molar-refractivity contribution is 6.17. The molecule has 0 N–H and O–H groups in total. The molecule has 1 atom stereocenters. The van der Waals surface area contributed by atoms with Gasteiger partial charge < -0.3 is 0 Å². The maximum Gasteiger partial charge on any atom is 0.0476 e. The third-order valence-electron chi connectivity index (χ3n) is 3.64. The van der Waals surface area contributed by atoms with Crippen molar-refractivity contribution in [2.75, 3.05) is 0 Å². The molecule has 0 bridgehead atoms. The first-order valence-corrected chi connectivity index (χ1v) is 7.23. The van der Waals surface area contributed by atoms with Gasteiger partial charge in [-0.3, -0.25) is 0 Å². The second kappa shape index (κ2) is 6.44. The number of benzene rings is 1. The van der Waals surface area contributed by atoms with E-state index >= 15 is 0 Å². The third-order valence-corrected chi connectivity index (χ3v) is 3.93. The van der Waals surface area contributed by atoms with Gasteiger partial charge in [-0.1, -0.05) is 46.2 Å². The van der Waals surface area contributed by atoms with E-state index in [-0.39, 0.29) is 0 Å². The summed E-state index contributed by atoms with van der Waals surface area (Å²) in [6.45, 7) is 11.3. The fraction of sp³-hybridized carbons (Fsp3) is 0.625. The Labute approximate surface area is 111 Å². The van der Waals surface area contributed by atoms with E-state index in [1.807, 2.05) is 0 Å². The van der Waals surface area contributed by atoms with Crippen LogP contribution in [-0.4, -0.2) is 0 Å². The summed E-state index contributed by atoms with van der Waals surface area (Å²) in [5.74, 6) is 1.84. The van der Waals surface area contributed by atoms with Crippen LogP contribution in [0.15, 0.2) is 12.1 Å². The van der Waals surface area contributed by atoms with Crippen LogP contribution in [0.1, 0.15) is 74.6 Å². The minimum Gasteiger partial charge on any atom is -0.122 e. The molecule has 17 heavy (non-hydrogen) atoms. The average molecular weight is 253 g/mol. The zero-order valence-corrected chi connectivity index (χ0v) is 12.6. The summed E-state index contributed by atoms with van der Waals surface area (Å²) in [6, 6.07) is 4.66. The van der Waals surface area contributed by atoms with Crippen molar-refractivity contribution in [1.29, 1.82) is 0 Å². The van der Waals surface area contributed by atoms with Crippen LogP contribution in [0.2, 0.25) is 0 Å². The molecular weight excluding hydrogens is 228 g/mol. The average Bonchev–Trinajstić information content (AvgIpc) is 2.29. The lowest BCUT2D eigenvalue weighted by atomic mass is 9.86. The molecule has 0 spiro atoms. The van der Waals surface area contributed by atoms with E-state index in [9.17, 15) is 0 Å². The molecule has 0 heterocycles. The molecule has 1 unspecified atom stereocenters. The van der Waals surface area contributed by atoms with Gasteiger partial charge >= 0.3 is 0 Å². The quantitative estimate of drug-likeness (QED) is 0.585. The van der Waals surface area contributed by atoms with Crippen LogP contribution in [0.25, 0.3) is 0 Å². The van der Waals surface area contributed by atoms with E-state index in [0.717, 1.165) is 0 Å². The summed E-state index contributed by atoms with van der Waals surface area (Å²) in [5.41, 5.74) is 5.61. The summed E-state index contributed by atoms with van der Waals surface area (Å²) in [6.07, 6.45) is 2.49. The standard InChI is InChI=1S/C16H25Cl/c1-6-7-12(4)16-9-14(11(2)3)8-15(10-17)13(16)5/h8-9,11-12H,6-7,10H2,1-5H3. The smallest absolute Gasteiger partial charge is 0.0476 e. The molecule has 0 aliphatic carbocycles. The van der Waals surface area contributed by atoms with Gasteiger partial charge in [0.15, 0.2) is 0 Å². The molecule has 1 aromatic carbocycles. The Morgan fingerprint density at radius 3 is 2.29 bits per heavy atom. The zero-order valence-electron chi connectivity index (χ0n) is 11.8. The highest BCUT2D eigenvalue weighted by Gasteiger charge is 2.13. The van der Waals surface area contributed by atoms with Gasteiger partial charge in [0.25, 0.3) is 0 Å². The number of rotatable bonds is 5. The largest absolute Gasteiger partial charge is 0.122 e. The van der Waals surface area contributed by atoms with Crippen molar-refractivity contribution in [3.63, 3.8) is 0 Å². The summed E-state index contributed by atoms with van der Waals surface area (Å²) in [4.78, 5) is 0. The van der Waals surface area contributed by atoms with Gasteiger partial charge in [-0.05, 0) is 47.4 Å². The van der Waals surface area contributed by atoms with E-state index in [0.29, 0.717) is 17.7 Å². The molecule has 0 aromatic heterocycles. The zero-order chi connectivity index (χ0) is 13.0. The minimum absolute atomic E-state index is 0.574. The predicted molar refractivity (Wildman–Crippen MR) is 78.1 cm³/mol. The lowest BCUT2D eigenvalue weighted by Crippen LogP contribution is -2.02. The monoisotopic (exact) mass is 252 g/mol. The number of hydrogen-bond donors (Lipinski definition) is 0. The van der Waals surface area contributed by atoms with E-state index < -0.39 is 0 Å². The molecule has 1 heteroatoms. The first-order valence-electron chi connectivity index (χ1n) is 6.70. The lowest BCUT2D eigenvalue weighted by molar-refractivity contribution is 0.658. The summed E-state index contributed by atoms with van der Waals surface area (Å²) < 4.78 is 0. The first kappa shape index (κ1) is 14.6. The molecule has 96 valence electrons. The highest BCUT2D eigenvalue weighted by Crippen LogP contribution is 2.30. The first-order chi connectivity index (χ1) is 8.01. The fourth-order valence-electron chi connectivity index (χ4n) is 2.40. The normalized spacial score (nSPS) is 13.1. The summed E-state index contributed by atoms with van der Waals surface area (Å²) in [5, 5.41) is 0. The molecule has 0 aliphatic heterocycles. The maximum absolute atomic E-state index is 6.06. The van der Waals surface area contributed by atoms with E-state index in [2.05, 4.69) is 46.8 Å². The maximum atomic E-state index is 6.06. The molecule has 0 aliphatic rings. The van der Waals surface area contributed by atoms with Gasteiger partial charge in [0.2, 0.25) is 0 Å². The van der Waals surface area contributed by atoms with Crippen molar-refractivity contribution in [1.82, 2.24) is 0 Å². The van der Waals surface area contributed by atoms with Crippen molar-refractivity contribution < 1.29 is 0 Å². The topological polar surface area (TPSA) is 0 Å². The number of hydrogen-bond acceptors (Lipinski definition) is 0. The molecule has 1 aromatic rings. The molecule has 1 rings (SSSR count). The van der Waals surface area contributed by atoms with Crippen LogP contribution < -0.4 is 0 Å². The van der Waals surface area contributed by atoms with E-state index in [1.165, 1.54) is 35.1 Å². The second-order valence-corrected chi connectivity index (χ2v) is 5.64. The van der Waals surface area contributed by atoms with Gasteiger partial charge in [-0.25, -0.2) is 0 Å². The van der Waals surface area contributed by atoms with Crippen molar-refractivity contribution in [3.8, 4) is 0 Å². The molecular formula is C16H25Cl. The predicted octanol–water partition coefficient (Wildman–Crippen LogP) is 5.76. The second-order valence-electron chi connectivity index (χ2n) is 5.37. The van der Waals surface area contributed by atoms with Gasteiger partial charge in [0.05, 0.1) is 0 Å².